The molecule has 0 spiro atoms. The number of hydrogen-bond donors (Lipinski definition) is 2. The minimum atomic E-state index is -0.570. The second kappa shape index (κ2) is 8.22. The summed E-state index contributed by atoms with van der Waals surface area (Å²) >= 11 is 0. The van der Waals surface area contributed by atoms with Gasteiger partial charge in [0.25, 0.3) is 0 Å². The Morgan fingerprint density at radius 3 is 2.39 bits per heavy atom. The van der Waals surface area contributed by atoms with Gasteiger partial charge in [-0.2, -0.15) is 0 Å². The zero-order valence-corrected chi connectivity index (χ0v) is 14.9. The number of rotatable bonds is 6. The van der Waals surface area contributed by atoms with E-state index in [9.17, 15) is 14.0 Å². The van der Waals surface area contributed by atoms with E-state index in [1.54, 1.807) is 36.5 Å². The molecule has 6 nitrogen and oxygen atoms in total. The maximum atomic E-state index is 13.2. The highest BCUT2D eigenvalue weighted by molar-refractivity contribution is 5.92. The number of nitrogens with two attached hydrogens (primary N) is 1. The van der Waals surface area contributed by atoms with E-state index in [0.717, 1.165) is 16.7 Å². The predicted octanol–water partition coefficient (Wildman–Crippen LogP) is 2.85. The Hall–Kier alpha value is -3.87. The fourth-order valence-corrected chi connectivity index (χ4v) is 2.59. The summed E-state index contributed by atoms with van der Waals surface area (Å²) in [5.74, 6) is -1.22. The zero-order valence-electron chi connectivity index (χ0n) is 14.9. The zero-order chi connectivity index (χ0) is 20.1. The third-order valence-electron chi connectivity index (χ3n) is 4.09. The number of nitrogens with zero attached hydrogens (tertiary/aromatic N) is 2. The molecule has 3 aromatic rings. The molecule has 0 saturated carbocycles. The summed E-state index contributed by atoms with van der Waals surface area (Å²) in [6, 6.07) is 11.0. The van der Waals surface area contributed by atoms with E-state index in [-0.39, 0.29) is 23.8 Å². The Kier molecular flexibility index (Phi) is 5.55. The topological polar surface area (TPSA) is 98.0 Å². The van der Waals surface area contributed by atoms with Crippen molar-refractivity contribution in [3.63, 3.8) is 0 Å². The van der Waals surface area contributed by atoms with Gasteiger partial charge in [-0.05, 0) is 54.1 Å². The van der Waals surface area contributed by atoms with Crippen LogP contribution >= 0.6 is 0 Å². The number of hydrogen-bond acceptors (Lipinski definition) is 4. The molecule has 7 heteroatoms. The quantitative estimate of drug-likeness (QED) is 0.647. The summed E-state index contributed by atoms with van der Waals surface area (Å²) in [7, 11) is 0. The first-order valence-corrected chi connectivity index (χ1v) is 8.39. The largest absolute Gasteiger partial charge is 0.366 e. The Bertz CT molecular complexity index is 1030. The molecule has 2 amide bonds. The number of primary amides is 1. The average molecular weight is 376 g/mol. The van der Waals surface area contributed by atoms with Crippen LogP contribution in [0, 0.1) is 5.82 Å². The summed E-state index contributed by atoms with van der Waals surface area (Å²) < 4.78 is 13.2. The fraction of sp³-hybridized carbons (Fsp3) is 0.0476. The average Bonchev–Trinajstić information content (AvgIpc) is 2.72. The first-order valence-electron chi connectivity index (χ1n) is 8.39. The van der Waals surface area contributed by atoms with Crippen molar-refractivity contribution in [3.8, 4) is 22.5 Å². The summed E-state index contributed by atoms with van der Waals surface area (Å²) in [4.78, 5) is 31.5. The van der Waals surface area contributed by atoms with E-state index in [0.29, 0.717) is 11.4 Å². The molecule has 0 aliphatic heterocycles. The Morgan fingerprint density at radius 1 is 1.07 bits per heavy atom. The minimum absolute atomic E-state index is 0.218. The maximum Gasteiger partial charge on any atom is 0.250 e. The normalized spacial score (nSPS) is 10.3. The van der Waals surface area contributed by atoms with Gasteiger partial charge in [0.2, 0.25) is 11.8 Å². The summed E-state index contributed by atoms with van der Waals surface area (Å²) in [5, 5.41) is 2.71. The van der Waals surface area contributed by atoms with Crippen molar-refractivity contribution in [2.24, 2.45) is 5.73 Å². The standard InChI is InChI=1S/C21H17FN4O2/c1-2-20(27)26-12-15-11-25-19(13-3-6-16(22)7-4-13)9-17(15)18-8-5-14(10-24-18)21(23)28/h2-11H,1,12H2,(H2,23,28)(H,26,27). The maximum absolute atomic E-state index is 13.2. The van der Waals surface area contributed by atoms with Gasteiger partial charge >= 0.3 is 0 Å². The number of aromatic nitrogens is 2. The lowest BCUT2D eigenvalue weighted by Gasteiger charge is -2.12. The third kappa shape index (κ3) is 4.27. The first-order chi connectivity index (χ1) is 13.5. The lowest BCUT2D eigenvalue weighted by atomic mass is 10.0. The third-order valence-corrected chi connectivity index (χ3v) is 4.09. The van der Waals surface area contributed by atoms with Crippen LogP contribution in [0.5, 0.6) is 0 Å². The second-order valence-electron chi connectivity index (χ2n) is 5.95. The molecule has 0 radical (unpaired) electrons. The molecule has 2 aromatic heterocycles. The fourth-order valence-electron chi connectivity index (χ4n) is 2.59. The molecule has 28 heavy (non-hydrogen) atoms. The molecular formula is C21H17FN4O2. The number of pyridine rings is 2. The number of amides is 2. The molecule has 0 aliphatic carbocycles. The van der Waals surface area contributed by atoms with Crippen LogP contribution in [0.4, 0.5) is 4.39 Å². The number of halogens is 1. The van der Waals surface area contributed by atoms with E-state index in [1.165, 1.54) is 24.4 Å². The van der Waals surface area contributed by atoms with Crippen LogP contribution in [0.3, 0.4) is 0 Å². The molecule has 3 N–H and O–H groups in total. The summed E-state index contributed by atoms with van der Waals surface area (Å²) in [5.41, 5.74) is 8.93. The van der Waals surface area contributed by atoms with Crippen LogP contribution in [0.2, 0.25) is 0 Å². The van der Waals surface area contributed by atoms with Gasteiger partial charge in [-0.1, -0.05) is 6.58 Å². The van der Waals surface area contributed by atoms with E-state index >= 15 is 0 Å². The van der Waals surface area contributed by atoms with Crippen molar-refractivity contribution >= 4 is 11.8 Å². The number of nitrogens with one attached hydrogen (secondary N) is 1. The van der Waals surface area contributed by atoms with Crippen LogP contribution in [-0.4, -0.2) is 21.8 Å². The van der Waals surface area contributed by atoms with Crippen LogP contribution in [0.15, 0.2) is 67.5 Å². The smallest absolute Gasteiger partial charge is 0.250 e. The molecule has 1 aromatic carbocycles. The molecule has 0 fully saturated rings. The van der Waals surface area contributed by atoms with Crippen molar-refractivity contribution in [3.05, 3.63) is 84.5 Å². The van der Waals surface area contributed by atoms with Crippen LogP contribution in [0.1, 0.15) is 15.9 Å². The van der Waals surface area contributed by atoms with Crippen molar-refractivity contribution in [1.82, 2.24) is 15.3 Å². The molecular weight excluding hydrogens is 359 g/mol. The second-order valence-corrected chi connectivity index (χ2v) is 5.95. The SMILES string of the molecule is C=CC(=O)NCc1cnc(-c2ccc(F)cc2)cc1-c1ccc(C(N)=O)cn1. The highest BCUT2D eigenvalue weighted by Crippen LogP contribution is 2.27. The van der Waals surface area contributed by atoms with Gasteiger partial charge in [0.05, 0.1) is 17.0 Å². The Morgan fingerprint density at radius 2 is 1.79 bits per heavy atom. The Labute approximate surface area is 160 Å². The molecule has 0 saturated heterocycles. The molecule has 0 unspecified atom stereocenters. The lowest BCUT2D eigenvalue weighted by Crippen LogP contribution is -2.20. The van der Waals surface area contributed by atoms with Gasteiger partial charge in [-0.3, -0.25) is 19.6 Å². The van der Waals surface area contributed by atoms with Crippen LogP contribution in [0.25, 0.3) is 22.5 Å². The van der Waals surface area contributed by atoms with E-state index in [1.807, 2.05) is 0 Å². The van der Waals surface area contributed by atoms with Crippen molar-refractivity contribution < 1.29 is 14.0 Å². The number of carbonyl (C=O) groups excluding carboxylic acids is 2. The van der Waals surface area contributed by atoms with Crippen LogP contribution < -0.4 is 11.1 Å². The highest BCUT2D eigenvalue weighted by Gasteiger charge is 2.12. The molecule has 2 heterocycles. The van der Waals surface area contributed by atoms with Gasteiger partial charge in [-0.25, -0.2) is 4.39 Å². The first kappa shape index (κ1) is 18.9. The van der Waals surface area contributed by atoms with Gasteiger partial charge in [0, 0.05) is 30.1 Å². The van der Waals surface area contributed by atoms with E-state index in [2.05, 4.69) is 21.9 Å². The molecule has 3 rings (SSSR count). The van der Waals surface area contributed by atoms with Gasteiger partial charge in [-0.15, -0.1) is 0 Å². The highest BCUT2D eigenvalue weighted by atomic mass is 19.1. The van der Waals surface area contributed by atoms with Crippen molar-refractivity contribution in [2.45, 2.75) is 6.54 Å². The van der Waals surface area contributed by atoms with Crippen molar-refractivity contribution in [1.29, 1.82) is 0 Å². The number of carbonyl (C=O) groups is 2. The van der Waals surface area contributed by atoms with Gasteiger partial charge in [0.1, 0.15) is 5.82 Å². The minimum Gasteiger partial charge on any atom is -0.366 e. The number of benzene rings is 1. The van der Waals surface area contributed by atoms with Gasteiger partial charge < -0.3 is 11.1 Å². The summed E-state index contributed by atoms with van der Waals surface area (Å²) in [6.45, 7) is 3.64. The van der Waals surface area contributed by atoms with Crippen LogP contribution in [-0.2, 0) is 11.3 Å². The Balaban J connectivity index is 2.04. The molecule has 0 aliphatic rings. The van der Waals surface area contributed by atoms with E-state index < -0.39 is 5.91 Å². The lowest BCUT2D eigenvalue weighted by molar-refractivity contribution is -0.116. The van der Waals surface area contributed by atoms with Crippen molar-refractivity contribution in [2.75, 3.05) is 0 Å². The monoisotopic (exact) mass is 376 g/mol. The van der Waals surface area contributed by atoms with E-state index in [4.69, 9.17) is 5.73 Å². The van der Waals surface area contributed by atoms with Gasteiger partial charge in [0.15, 0.2) is 0 Å². The molecule has 0 atom stereocenters. The molecule has 0 bridgehead atoms. The molecule has 140 valence electrons. The summed E-state index contributed by atoms with van der Waals surface area (Å²) in [6.07, 6.45) is 4.20. The predicted molar refractivity (Wildman–Crippen MR) is 103 cm³/mol.